The topological polar surface area (TPSA) is 52.6 Å². The molecule has 1 amide bonds. The van der Waals surface area contributed by atoms with E-state index in [1.165, 1.54) is 25.7 Å². The molecule has 3 rings (SSSR count). The molecule has 3 fully saturated rings. The summed E-state index contributed by atoms with van der Waals surface area (Å²) in [6, 6.07) is 1.32. The molecule has 0 aromatic heterocycles. The number of carbonyl (C=O) groups is 1. The highest BCUT2D eigenvalue weighted by Gasteiger charge is 2.35. The molecule has 0 aromatic rings. The van der Waals surface area contributed by atoms with Gasteiger partial charge in [0, 0.05) is 31.6 Å². The number of aliphatic hydroxyl groups excluding tert-OH is 1. The molecule has 4 heteroatoms. The summed E-state index contributed by atoms with van der Waals surface area (Å²) in [6.07, 6.45) is 7.10. The fourth-order valence-electron chi connectivity index (χ4n) is 3.90. The van der Waals surface area contributed by atoms with Crippen molar-refractivity contribution >= 4 is 5.91 Å². The zero-order valence-corrected chi connectivity index (χ0v) is 11.0. The van der Waals surface area contributed by atoms with Crippen LogP contribution in [0.2, 0.25) is 0 Å². The average molecular weight is 252 g/mol. The van der Waals surface area contributed by atoms with Gasteiger partial charge in [0.2, 0.25) is 5.91 Å². The largest absolute Gasteiger partial charge is 0.391 e. The van der Waals surface area contributed by atoms with Crippen LogP contribution in [0, 0.1) is 5.92 Å². The zero-order chi connectivity index (χ0) is 12.5. The van der Waals surface area contributed by atoms with Gasteiger partial charge in [0.15, 0.2) is 0 Å². The van der Waals surface area contributed by atoms with Crippen LogP contribution in [0.4, 0.5) is 0 Å². The summed E-state index contributed by atoms with van der Waals surface area (Å²) >= 11 is 0. The van der Waals surface area contributed by atoms with Crippen molar-refractivity contribution in [2.45, 2.75) is 63.1 Å². The van der Waals surface area contributed by atoms with E-state index in [1.807, 2.05) is 4.90 Å². The number of hydrogen-bond donors (Lipinski definition) is 2. The molecule has 4 nitrogen and oxygen atoms in total. The second-order valence-corrected chi connectivity index (χ2v) is 6.32. The van der Waals surface area contributed by atoms with Gasteiger partial charge in [-0.1, -0.05) is 0 Å². The predicted octanol–water partition coefficient (Wildman–Crippen LogP) is 0.890. The smallest absolute Gasteiger partial charge is 0.222 e. The van der Waals surface area contributed by atoms with E-state index in [9.17, 15) is 9.90 Å². The molecule has 3 aliphatic rings. The van der Waals surface area contributed by atoms with Crippen LogP contribution < -0.4 is 5.32 Å². The fraction of sp³-hybridized carbons (Fsp3) is 0.929. The highest BCUT2D eigenvalue weighted by atomic mass is 16.3. The number of piperidine rings is 2. The summed E-state index contributed by atoms with van der Waals surface area (Å²) in [5, 5.41) is 13.2. The minimum absolute atomic E-state index is 0.264. The van der Waals surface area contributed by atoms with Crippen LogP contribution in [0.3, 0.4) is 0 Å². The maximum atomic E-state index is 12.2. The third kappa shape index (κ3) is 2.69. The number of fused-ring (bicyclic) bond motifs is 2. The standard InChI is InChI=1S/C14H24N2O2/c17-13-2-1-5-16(9-13)14(18)8-10-6-11-3-4-12(7-10)15-11/h10-13,15,17H,1-9H2/t10?,11?,12?,13-/m0/s1. The molecular formula is C14H24N2O2. The van der Waals surface area contributed by atoms with E-state index >= 15 is 0 Å². The normalized spacial score (nSPS) is 39.9. The Balaban J connectivity index is 1.51. The Labute approximate surface area is 109 Å². The lowest BCUT2D eigenvalue weighted by atomic mass is 9.89. The fourth-order valence-corrected chi connectivity index (χ4v) is 3.90. The molecule has 3 aliphatic heterocycles. The number of likely N-dealkylation sites (tertiary alicyclic amines) is 1. The second kappa shape index (κ2) is 5.17. The zero-order valence-electron chi connectivity index (χ0n) is 11.0. The number of aliphatic hydroxyl groups is 1. The van der Waals surface area contributed by atoms with Gasteiger partial charge in [0.1, 0.15) is 0 Å². The summed E-state index contributed by atoms with van der Waals surface area (Å²) < 4.78 is 0. The Morgan fingerprint density at radius 1 is 1.22 bits per heavy atom. The van der Waals surface area contributed by atoms with Crippen LogP contribution in [0.1, 0.15) is 44.9 Å². The summed E-state index contributed by atoms with van der Waals surface area (Å²) in [6.45, 7) is 1.39. The van der Waals surface area contributed by atoms with Gasteiger partial charge in [0.05, 0.1) is 6.10 Å². The van der Waals surface area contributed by atoms with Crippen molar-refractivity contribution in [3.63, 3.8) is 0 Å². The number of amides is 1. The lowest BCUT2D eigenvalue weighted by Gasteiger charge is -2.33. The Hall–Kier alpha value is -0.610. The molecule has 3 atom stereocenters. The van der Waals surface area contributed by atoms with Crippen LogP contribution in [0.5, 0.6) is 0 Å². The van der Waals surface area contributed by atoms with E-state index in [2.05, 4.69) is 5.32 Å². The van der Waals surface area contributed by atoms with Crippen molar-refractivity contribution in [2.24, 2.45) is 5.92 Å². The van der Waals surface area contributed by atoms with E-state index in [1.54, 1.807) is 0 Å². The highest BCUT2D eigenvalue weighted by Crippen LogP contribution is 2.33. The van der Waals surface area contributed by atoms with Gasteiger partial charge < -0.3 is 15.3 Å². The van der Waals surface area contributed by atoms with Gasteiger partial charge in [-0.2, -0.15) is 0 Å². The van der Waals surface area contributed by atoms with Gasteiger partial charge in [-0.05, 0) is 44.4 Å². The maximum Gasteiger partial charge on any atom is 0.222 e. The van der Waals surface area contributed by atoms with Crippen molar-refractivity contribution in [3.8, 4) is 0 Å². The van der Waals surface area contributed by atoms with Gasteiger partial charge in [-0.3, -0.25) is 4.79 Å². The first-order chi connectivity index (χ1) is 8.70. The lowest BCUT2D eigenvalue weighted by molar-refractivity contribution is -0.135. The number of rotatable bonds is 2. The van der Waals surface area contributed by atoms with Crippen molar-refractivity contribution in [3.05, 3.63) is 0 Å². The van der Waals surface area contributed by atoms with E-state index in [0.717, 1.165) is 19.4 Å². The molecule has 0 aliphatic carbocycles. The maximum absolute atomic E-state index is 12.2. The number of nitrogens with one attached hydrogen (secondary N) is 1. The number of hydrogen-bond acceptors (Lipinski definition) is 3. The average Bonchev–Trinajstić information content (AvgIpc) is 2.69. The first-order valence-electron chi connectivity index (χ1n) is 7.42. The molecule has 0 radical (unpaired) electrons. The SMILES string of the molecule is O=C(CC1CC2CCC(C1)N2)N1CCC[C@H](O)C1. The van der Waals surface area contributed by atoms with E-state index in [-0.39, 0.29) is 12.0 Å². The first kappa shape index (κ1) is 12.4. The number of carbonyl (C=O) groups excluding carboxylic acids is 1. The molecule has 18 heavy (non-hydrogen) atoms. The third-order valence-corrected chi connectivity index (χ3v) is 4.78. The molecule has 2 bridgehead atoms. The number of nitrogens with zero attached hydrogens (tertiary/aromatic N) is 1. The van der Waals surface area contributed by atoms with Crippen molar-refractivity contribution in [2.75, 3.05) is 13.1 Å². The predicted molar refractivity (Wildman–Crippen MR) is 69.1 cm³/mol. The molecule has 3 heterocycles. The van der Waals surface area contributed by atoms with Gasteiger partial charge in [-0.25, -0.2) is 0 Å². The van der Waals surface area contributed by atoms with Crippen LogP contribution in [-0.2, 0) is 4.79 Å². The van der Waals surface area contributed by atoms with Crippen molar-refractivity contribution < 1.29 is 9.90 Å². The van der Waals surface area contributed by atoms with Gasteiger partial charge >= 0.3 is 0 Å². The monoisotopic (exact) mass is 252 g/mol. The third-order valence-electron chi connectivity index (χ3n) is 4.78. The summed E-state index contributed by atoms with van der Waals surface area (Å²) in [7, 11) is 0. The molecule has 2 unspecified atom stereocenters. The molecule has 102 valence electrons. The summed E-state index contributed by atoms with van der Waals surface area (Å²) in [5.74, 6) is 0.829. The van der Waals surface area contributed by atoms with Crippen molar-refractivity contribution in [1.82, 2.24) is 10.2 Å². The molecule has 2 N–H and O–H groups in total. The number of β-amino-alcohol motifs (C(OH)–C–C–N with tert-alkyl or cyclic N) is 1. The molecule has 3 saturated heterocycles. The van der Waals surface area contributed by atoms with Gasteiger partial charge in [-0.15, -0.1) is 0 Å². The van der Waals surface area contributed by atoms with Crippen molar-refractivity contribution in [1.29, 1.82) is 0 Å². The van der Waals surface area contributed by atoms with Crippen LogP contribution in [-0.4, -0.2) is 47.2 Å². The Bertz CT molecular complexity index is 309. The molecular weight excluding hydrogens is 228 g/mol. The van der Waals surface area contributed by atoms with E-state index < -0.39 is 0 Å². The minimum Gasteiger partial charge on any atom is -0.391 e. The van der Waals surface area contributed by atoms with Crippen LogP contribution in [0.15, 0.2) is 0 Å². The molecule has 0 spiro atoms. The lowest BCUT2D eigenvalue weighted by Crippen LogP contribution is -2.44. The highest BCUT2D eigenvalue weighted by molar-refractivity contribution is 5.76. The Morgan fingerprint density at radius 3 is 2.61 bits per heavy atom. The summed E-state index contributed by atoms with van der Waals surface area (Å²) in [5.41, 5.74) is 0. The minimum atomic E-state index is -0.299. The summed E-state index contributed by atoms with van der Waals surface area (Å²) in [4.78, 5) is 14.1. The quantitative estimate of drug-likeness (QED) is 0.767. The molecule has 0 aromatic carbocycles. The first-order valence-corrected chi connectivity index (χ1v) is 7.42. The van der Waals surface area contributed by atoms with Crippen LogP contribution >= 0.6 is 0 Å². The van der Waals surface area contributed by atoms with E-state index in [4.69, 9.17) is 0 Å². The van der Waals surface area contributed by atoms with E-state index in [0.29, 0.717) is 31.0 Å². The Morgan fingerprint density at radius 2 is 1.94 bits per heavy atom. The molecule has 0 saturated carbocycles. The van der Waals surface area contributed by atoms with Crippen LogP contribution in [0.25, 0.3) is 0 Å². The Kier molecular flexibility index (Phi) is 3.57. The second-order valence-electron chi connectivity index (χ2n) is 6.32. The van der Waals surface area contributed by atoms with Gasteiger partial charge in [0.25, 0.3) is 0 Å².